The lowest BCUT2D eigenvalue weighted by atomic mass is 10.1. The maximum absolute atomic E-state index is 12.7. The minimum absolute atomic E-state index is 0.320. The van der Waals surface area contributed by atoms with E-state index in [1.807, 2.05) is 24.4 Å². The van der Waals surface area contributed by atoms with Crippen LogP contribution in [0.5, 0.6) is 0 Å². The predicted octanol–water partition coefficient (Wildman–Crippen LogP) is 5.06. The van der Waals surface area contributed by atoms with Gasteiger partial charge in [0.05, 0.1) is 5.56 Å². The summed E-state index contributed by atoms with van der Waals surface area (Å²) in [6.45, 7) is 6.82. The van der Waals surface area contributed by atoms with Gasteiger partial charge in [0, 0.05) is 62.4 Å². The zero-order valence-electron chi connectivity index (χ0n) is 18.9. The fraction of sp³-hybridized carbons (Fsp3) is 0.308. The van der Waals surface area contributed by atoms with Crippen LogP contribution in [0.4, 0.5) is 18.9 Å². The molecule has 1 fully saturated rings. The summed E-state index contributed by atoms with van der Waals surface area (Å²) in [7, 11) is 0. The van der Waals surface area contributed by atoms with E-state index in [1.165, 1.54) is 17.7 Å². The molecule has 0 unspecified atom stereocenters. The number of pyridine rings is 1. The Morgan fingerprint density at radius 1 is 1.00 bits per heavy atom. The number of hydrogen-bond acceptors (Lipinski definition) is 4. The summed E-state index contributed by atoms with van der Waals surface area (Å²) in [6, 6.07) is 16.2. The van der Waals surface area contributed by atoms with Gasteiger partial charge in [-0.2, -0.15) is 13.2 Å². The number of alkyl halides is 3. The van der Waals surface area contributed by atoms with Crippen LogP contribution in [0.3, 0.4) is 0 Å². The average Bonchev–Trinajstić information content (AvgIpc) is 2.82. The lowest BCUT2D eigenvalue weighted by molar-refractivity contribution is -0.137. The van der Waals surface area contributed by atoms with Gasteiger partial charge in [0.1, 0.15) is 0 Å². The number of anilines is 1. The number of hydrogen-bond donors (Lipinski definition) is 1. The fourth-order valence-electron chi connectivity index (χ4n) is 4.14. The van der Waals surface area contributed by atoms with Gasteiger partial charge in [0.2, 0.25) is 0 Å². The fourth-order valence-corrected chi connectivity index (χ4v) is 4.14. The van der Waals surface area contributed by atoms with Crippen LogP contribution in [0.1, 0.15) is 34.0 Å². The van der Waals surface area contributed by atoms with Crippen molar-refractivity contribution in [3.8, 4) is 0 Å². The van der Waals surface area contributed by atoms with Crippen molar-refractivity contribution in [3.05, 3.63) is 95.3 Å². The molecular formula is C26H27F3N4O. The number of piperazine rings is 1. The van der Waals surface area contributed by atoms with Crippen LogP contribution >= 0.6 is 0 Å². The Hall–Kier alpha value is -3.23. The van der Waals surface area contributed by atoms with E-state index in [4.69, 9.17) is 0 Å². The molecular weight excluding hydrogens is 441 g/mol. The summed E-state index contributed by atoms with van der Waals surface area (Å²) < 4.78 is 38.1. The third-order valence-electron chi connectivity index (χ3n) is 6.05. The van der Waals surface area contributed by atoms with Gasteiger partial charge in [-0.25, -0.2) is 0 Å². The predicted molar refractivity (Wildman–Crippen MR) is 125 cm³/mol. The van der Waals surface area contributed by atoms with E-state index in [9.17, 15) is 18.0 Å². The molecule has 0 bridgehead atoms. The first-order valence-corrected chi connectivity index (χ1v) is 11.2. The number of carbonyl (C=O) groups excluding carboxylic acids is 1. The number of amides is 1. The molecule has 1 amide bonds. The number of nitrogens with zero attached hydrogens (tertiary/aromatic N) is 3. The van der Waals surface area contributed by atoms with Crippen molar-refractivity contribution in [2.24, 2.45) is 0 Å². The normalized spacial score (nSPS) is 17.5. The van der Waals surface area contributed by atoms with Crippen molar-refractivity contribution in [3.63, 3.8) is 0 Å². The smallest absolute Gasteiger partial charge is 0.322 e. The van der Waals surface area contributed by atoms with Crippen LogP contribution in [0.25, 0.3) is 0 Å². The Morgan fingerprint density at radius 3 is 2.35 bits per heavy atom. The summed E-state index contributed by atoms with van der Waals surface area (Å²) in [5, 5.41) is 2.64. The van der Waals surface area contributed by atoms with E-state index in [1.54, 1.807) is 18.3 Å². The Balaban J connectivity index is 1.28. The zero-order valence-corrected chi connectivity index (χ0v) is 18.9. The van der Waals surface area contributed by atoms with E-state index in [-0.39, 0.29) is 5.91 Å². The second-order valence-corrected chi connectivity index (χ2v) is 8.64. The van der Waals surface area contributed by atoms with Gasteiger partial charge in [-0.1, -0.05) is 18.2 Å². The summed E-state index contributed by atoms with van der Waals surface area (Å²) in [4.78, 5) is 21.5. The molecule has 34 heavy (non-hydrogen) atoms. The van der Waals surface area contributed by atoms with Crippen molar-refractivity contribution in [1.29, 1.82) is 0 Å². The number of aromatic nitrogens is 1. The second-order valence-electron chi connectivity index (χ2n) is 8.64. The Bertz CT molecular complexity index is 1090. The van der Waals surface area contributed by atoms with Crippen LogP contribution in [-0.4, -0.2) is 46.4 Å². The minimum Gasteiger partial charge on any atom is -0.322 e. The molecule has 178 valence electrons. The molecule has 1 aliphatic rings. The van der Waals surface area contributed by atoms with Gasteiger partial charge in [-0.15, -0.1) is 0 Å². The highest BCUT2D eigenvalue weighted by Crippen LogP contribution is 2.30. The SMILES string of the molecule is C[C@@H]1CN(Cc2ccc(C(=O)Nc3ccc(C(F)(F)F)cc3)cc2)CCN1Cc1cccnc1. The maximum Gasteiger partial charge on any atom is 0.416 e. The zero-order chi connectivity index (χ0) is 24.1. The Kier molecular flexibility index (Phi) is 7.29. The molecule has 5 nitrogen and oxygen atoms in total. The number of nitrogens with one attached hydrogen (secondary N) is 1. The summed E-state index contributed by atoms with van der Waals surface area (Å²) >= 11 is 0. The molecule has 4 rings (SSSR count). The Morgan fingerprint density at radius 2 is 1.74 bits per heavy atom. The molecule has 1 N–H and O–H groups in total. The molecule has 0 radical (unpaired) electrons. The van der Waals surface area contributed by atoms with Crippen molar-refractivity contribution < 1.29 is 18.0 Å². The standard InChI is InChI=1S/C26H27F3N4O/c1-19-16-32(13-14-33(19)18-21-3-2-12-30-15-21)17-20-4-6-22(7-5-20)25(34)31-24-10-8-23(9-11-24)26(27,28)29/h2-12,15,19H,13-14,16-18H2,1H3,(H,31,34)/t19-/m1/s1. The van der Waals surface area contributed by atoms with Gasteiger partial charge >= 0.3 is 6.18 Å². The van der Waals surface area contributed by atoms with Gasteiger partial charge in [-0.05, 0) is 60.5 Å². The van der Waals surface area contributed by atoms with Crippen LogP contribution in [-0.2, 0) is 19.3 Å². The van der Waals surface area contributed by atoms with E-state index in [2.05, 4.69) is 33.1 Å². The molecule has 2 heterocycles. The van der Waals surface area contributed by atoms with Crippen LogP contribution in [0.2, 0.25) is 0 Å². The highest BCUT2D eigenvalue weighted by Gasteiger charge is 2.30. The van der Waals surface area contributed by atoms with E-state index in [0.29, 0.717) is 17.3 Å². The first-order valence-electron chi connectivity index (χ1n) is 11.2. The number of benzene rings is 2. The first kappa shape index (κ1) is 23.9. The van der Waals surface area contributed by atoms with Crippen molar-refractivity contribution in [1.82, 2.24) is 14.8 Å². The largest absolute Gasteiger partial charge is 0.416 e. The molecule has 1 atom stereocenters. The third kappa shape index (κ3) is 6.21. The molecule has 0 saturated carbocycles. The number of rotatable bonds is 6. The highest BCUT2D eigenvalue weighted by molar-refractivity contribution is 6.04. The second kappa shape index (κ2) is 10.4. The van der Waals surface area contributed by atoms with Crippen LogP contribution in [0.15, 0.2) is 73.1 Å². The Labute approximate surface area is 197 Å². The van der Waals surface area contributed by atoms with Crippen LogP contribution < -0.4 is 5.32 Å². The van der Waals surface area contributed by atoms with Gasteiger partial charge in [0.15, 0.2) is 0 Å². The molecule has 3 aromatic rings. The summed E-state index contributed by atoms with van der Waals surface area (Å²) in [5.41, 5.74) is 2.35. The molecule has 1 aliphatic heterocycles. The third-order valence-corrected chi connectivity index (χ3v) is 6.05. The van der Waals surface area contributed by atoms with E-state index < -0.39 is 11.7 Å². The minimum atomic E-state index is -4.40. The average molecular weight is 469 g/mol. The van der Waals surface area contributed by atoms with Crippen molar-refractivity contribution >= 4 is 11.6 Å². The van der Waals surface area contributed by atoms with E-state index >= 15 is 0 Å². The molecule has 1 saturated heterocycles. The highest BCUT2D eigenvalue weighted by atomic mass is 19.4. The maximum atomic E-state index is 12.7. The van der Waals surface area contributed by atoms with Crippen molar-refractivity contribution in [2.45, 2.75) is 32.2 Å². The molecule has 2 aromatic carbocycles. The van der Waals surface area contributed by atoms with Crippen molar-refractivity contribution in [2.75, 3.05) is 25.0 Å². The van der Waals surface area contributed by atoms with Gasteiger partial charge in [0.25, 0.3) is 5.91 Å². The monoisotopic (exact) mass is 468 g/mol. The molecule has 1 aromatic heterocycles. The summed E-state index contributed by atoms with van der Waals surface area (Å²) in [5.74, 6) is -0.357. The first-order chi connectivity index (χ1) is 16.3. The molecule has 0 aliphatic carbocycles. The lowest BCUT2D eigenvalue weighted by Gasteiger charge is -2.40. The number of carbonyl (C=O) groups is 1. The molecule has 0 spiro atoms. The topological polar surface area (TPSA) is 48.5 Å². The summed E-state index contributed by atoms with van der Waals surface area (Å²) in [6.07, 6.45) is -0.703. The quantitative estimate of drug-likeness (QED) is 0.550. The molecule has 8 heteroatoms. The van der Waals surface area contributed by atoms with Gasteiger partial charge in [-0.3, -0.25) is 19.6 Å². The van der Waals surface area contributed by atoms with Crippen LogP contribution in [0, 0.1) is 0 Å². The van der Waals surface area contributed by atoms with E-state index in [0.717, 1.165) is 50.4 Å². The van der Waals surface area contributed by atoms with Gasteiger partial charge < -0.3 is 5.32 Å². The number of halogens is 3. The lowest BCUT2D eigenvalue weighted by Crippen LogP contribution is -2.50.